The molecule has 0 aliphatic heterocycles. The molecule has 5 aromatic rings. The van der Waals surface area contributed by atoms with Gasteiger partial charge in [0.2, 0.25) is 0 Å². The molecule has 0 spiro atoms. The molecule has 38 heavy (non-hydrogen) atoms. The lowest BCUT2D eigenvalue weighted by atomic mass is 10.2. The number of aliphatic imine (C=N–C) groups is 2. The summed E-state index contributed by atoms with van der Waals surface area (Å²) in [6.45, 7) is 0. The number of hydrogen-bond acceptors (Lipinski definition) is 4. The molecule has 6 heteroatoms. The highest BCUT2D eigenvalue weighted by atomic mass is 79.9. The zero-order valence-electron chi connectivity index (χ0n) is 20.2. The Kier molecular flexibility index (Phi) is 8.43. The van der Waals surface area contributed by atoms with E-state index in [4.69, 9.17) is 9.47 Å². The summed E-state index contributed by atoms with van der Waals surface area (Å²) in [5.41, 5.74) is 3.77. The van der Waals surface area contributed by atoms with Crippen LogP contribution in [0.3, 0.4) is 0 Å². The van der Waals surface area contributed by atoms with Crippen molar-refractivity contribution in [1.82, 2.24) is 0 Å². The third kappa shape index (κ3) is 7.51. The number of ether oxygens (including phenoxy) is 2. The van der Waals surface area contributed by atoms with Crippen LogP contribution in [0.5, 0.6) is 23.0 Å². The van der Waals surface area contributed by atoms with Crippen LogP contribution in [-0.2, 0) is 0 Å². The fourth-order valence-corrected chi connectivity index (χ4v) is 4.00. The highest BCUT2D eigenvalue weighted by Crippen LogP contribution is 2.30. The van der Waals surface area contributed by atoms with Crippen LogP contribution in [0.25, 0.3) is 0 Å². The Morgan fingerprint density at radius 1 is 0.447 bits per heavy atom. The molecular weight excluding hydrogens is 604 g/mol. The molecule has 0 fully saturated rings. The van der Waals surface area contributed by atoms with Crippen LogP contribution >= 0.6 is 31.9 Å². The Labute approximate surface area is 238 Å². The van der Waals surface area contributed by atoms with E-state index in [1.54, 1.807) is 0 Å². The molecule has 0 bridgehead atoms. The van der Waals surface area contributed by atoms with Crippen LogP contribution in [0.1, 0.15) is 11.1 Å². The maximum absolute atomic E-state index is 6.03. The number of rotatable bonds is 8. The van der Waals surface area contributed by atoms with Gasteiger partial charge in [0.1, 0.15) is 23.0 Å². The van der Waals surface area contributed by atoms with Crippen molar-refractivity contribution in [3.05, 3.63) is 141 Å². The monoisotopic (exact) mass is 624 g/mol. The summed E-state index contributed by atoms with van der Waals surface area (Å²) in [6, 6.07) is 38.8. The third-order valence-electron chi connectivity index (χ3n) is 5.42. The van der Waals surface area contributed by atoms with E-state index >= 15 is 0 Å². The van der Waals surface area contributed by atoms with Crippen LogP contribution in [0.15, 0.2) is 140 Å². The molecular formula is C32H22Br2N2O2. The molecule has 0 heterocycles. The molecule has 0 aromatic heterocycles. The molecule has 0 aliphatic rings. The van der Waals surface area contributed by atoms with Gasteiger partial charge in [-0.1, -0.05) is 62.2 Å². The molecule has 0 radical (unpaired) electrons. The largest absolute Gasteiger partial charge is 0.457 e. The van der Waals surface area contributed by atoms with Crippen LogP contribution in [0.2, 0.25) is 0 Å². The van der Waals surface area contributed by atoms with Crippen LogP contribution < -0.4 is 9.47 Å². The highest BCUT2D eigenvalue weighted by molar-refractivity contribution is 9.10. The Balaban J connectivity index is 1.18. The van der Waals surface area contributed by atoms with E-state index in [9.17, 15) is 0 Å². The van der Waals surface area contributed by atoms with Gasteiger partial charge in [-0.15, -0.1) is 0 Å². The number of hydrogen-bond donors (Lipinski definition) is 0. The van der Waals surface area contributed by atoms with Gasteiger partial charge < -0.3 is 9.47 Å². The average Bonchev–Trinajstić information content (AvgIpc) is 2.94. The van der Waals surface area contributed by atoms with Gasteiger partial charge in [0.15, 0.2) is 0 Å². The molecule has 0 N–H and O–H groups in total. The predicted octanol–water partition coefficient (Wildman–Crippen LogP) is 10.3. The van der Waals surface area contributed by atoms with E-state index in [1.165, 1.54) is 0 Å². The fourth-order valence-electron chi connectivity index (χ4n) is 3.47. The number of halogens is 2. The first-order valence-electron chi connectivity index (χ1n) is 11.8. The van der Waals surface area contributed by atoms with E-state index < -0.39 is 0 Å². The molecule has 0 saturated carbocycles. The van der Waals surface area contributed by atoms with Crippen molar-refractivity contribution >= 4 is 55.7 Å². The van der Waals surface area contributed by atoms with E-state index in [0.29, 0.717) is 11.5 Å². The Morgan fingerprint density at radius 3 is 1.24 bits per heavy atom. The van der Waals surface area contributed by atoms with Crippen LogP contribution in [0, 0.1) is 0 Å². The van der Waals surface area contributed by atoms with Gasteiger partial charge in [-0.25, -0.2) is 0 Å². The normalized spacial score (nSPS) is 11.2. The summed E-state index contributed by atoms with van der Waals surface area (Å²) in [6.07, 6.45) is 3.68. The minimum atomic E-state index is 0.685. The van der Waals surface area contributed by atoms with Crippen molar-refractivity contribution in [2.75, 3.05) is 0 Å². The van der Waals surface area contributed by atoms with Gasteiger partial charge in [-0.2, -0.15) is 0 Å². The lowest BCUT2D eigenvalue weighted by molar-refractivity contribution is 0.460. The molecule has 4 nitrogen and oxygen atoms in total. The van der Waals surface area contributed by atoms with Crippen molar-refractivity contribution in [1.29, 1.82) is 0 Å². The van der Waals surface area contributed by atoms with Crippen molar-refractivity contribution in [3.63, 3.8) is 0 Å². The minimum absolute atomic E-state index is 0.685. The van der Waals surface area contributed by atoms with Gasteiger partial charge in [0.25, 0.3) is 0 Å². The molecule has 186 valence electrons. The quantitative estimate of drug-likeness (QED) is 0.161. The van der Waals surface area contributed by atoms with E-state index in [2.05, 4.69) is 41.8 Å². The minimum Gasteiger partial charge on any atom is -0.457 e. The first-order valence-corrected chi connectivity index (χ1v) is 13.4. The van der Waals surface area contributed by atoms with Gasteiger partial charge in [0, 0.05) is 27.4 Å². The van der Waals surface area contributed by atoms with E-state index in [0.717, 1.165) is 42.9 Å². The van der Waals surface area contributed by atoms with Gasteiger partial charge in [-0.05, 0) is 96.1 Å². The molecule has 0 unspecified atom stereocenters. The molecule has 0 aliphatic carbocycles. The summed E-state index contributed by atoms with van der Waals surface area (Å²) in [7, 11) is 0. The summed E-state index contributed by atoms with van der Waals surface area (Å²) >= 11 is 6.88. The molecule has 5 aromatic carbocycles. The van der Waals surface area contributed by atoms with Crippen molar-refractivity contribution in [2.45, 2.75) is 0 Å². The van der Waals surface area contributed by atoms with Crippen molar-refractivity contribution < 1.29 is 9.47 Å². The lowest BCUT2D eigenvalue weighted by Crippen LogP contribution is -1.87. The Bertz CT molecular complexity index is 1430. The van der Waals surface area contributed by atoms with Crippen LogP contribution in [0.4, 0.5) is 11.4 Å². The SMILES string of the molecule is Brc1ccc(C=Nc2ccc(Oc3cccc(Oc4ccc(N=Cc5ccc(Br)cc5)cc4)c3)cc2)cc1. The van der Waals surface area contributed by atoms with Crippen LogP contribution in [-0.4, -0.2) is 12.4 Å². The molecule has 5 rings (SSSR count). The molecule has 0 atom stereocenters. The zero-order valence-corrected chi connectivity index (χ0v) is 23.3. The first kappa shape index (κ1) is 25.6. The fraction of sp³-hybridized carbons (Fsp3) is 0. The van der Waals surface area contributed by atoms with Crippen molar-refractivity contribution in [2.24, 2.45) is 9.98 Å². The van der Waals surface area contributed by atoms with E-state index in [-0.39, 0.29) is 0 Å². The summed E-state index contributed by atoms with van der Waals surface area (Å²) in [5.74, 6) is 2.81. The van der Waals surface area contributed by atoms with Crippen molar-refractivity contribution in [3.8, 4) is 23.0 Å². The summed E-state index contributed by atoms with van der Waals surface area (Å²) in [5, 5.41) is 0. The maximum Gasteiger partial charge on any atom is 0.131 e. The van der Waals surface area contributed by atoms with Gasteiger partial charge in [-0.3, -0.25) is 9.98 Å². The van der Waals surface area contributed by atoms with E-state index in [1.807, 2.05) is 134 Å². The smallest absolute Gasteiger partial charge is 0.131 e. The Hall–Kier alpha value is -4.00. The maximum atomic E-state index is 6.03. The second-order valence-electron chi connectivity index (χ2n) is 8.29. The standard InChI is InChI=1S/C32H22Br2N2O2/c33-25-8-4-23(5-9-25)21-35-27-12-16-29(17-13-27)37-31-2-1-3-32(20-31)38-30-18-14-28(15-19-30)36-22-24-6-10-26(34)11-7-24/h1-22H. The second-order valence-corrected chi connectivity index (χ2v) is 10.1. The average molecular weight is 626 g/mol. The topological polar surface area (TPSA) is 43.2 Å². The molecule has 0 saturated heterocycles. The van der Waals surface area contributed by atoms with Gasteiger partial charge >= 0.3 is 0 Å². The highest BCUT2D eigenvalue weighted by Gasteiger charge is 2.03. The second kappa shape index (κ2) is 12.5. The summed E-state index contributed by atoms with van der Waals surface area (Å²) < 4.78 is 14.1. The summed E-state index contributed by atoms with van der Waals surface area (Å²) in [4.78, 5) is 9.05. The number of benzene rings is 5. The Morgan fingerprint density at radius 2 is 0.842 bits per heavy atom. The number of nitrogens with zero attached hydrogens (tertiary/aromatic N) is 2. The zero-order chi connectivity index (χ0) is 26.2. The third-order valence-corrected chi connectivity index (χ3v) is 6.47. The predicted molar refractivity (Wildman–Crippen MR) is 162 cm³/mol. The lowest BCUT2D eigenvalue weighted by Gasteiger charge is -2.09. The molecule has 0 amide bonds. The first-order chi connectivity index (χ1) is 18.6. The van der Waals surface area contributed by atoms with Gasteiger partial charge in [0.05, 0.1) is 11.4 Å².